The van der Waals surface area contributed by atoms with E-state index >= 15 is 0 Å². The van der Waals surface area contributed by atoms with Crippen LogP contribution in [0.4, 0.5) is 0 Å². The van der Waals surface area contributed by atoms with Crippen LogP contribution in [-0.4, -0.2) is 11.1 Å². The second kappa shape index (κ2) is 6.25. The Labute approximate surface area is 116 Å². The maximum absolute atomic E-state index is 5.66. The van der Waals surface area contributed by atoms with Crippen LogP contribution in [0.15, 0.2) is 18.3 Å². The average molecular weight is 258 g/mol. The van der Waals surface area contributed by atoms with Gasteiger partial charge in [0.15, 0.2) is 0 Å². The first-order chi connectivity index (χ1) is 9.17. The van der Waals surface area contributed by atoms with Gasteiger partial charge in [-0.1, -0.05) is 25.0 Å². The van der Waals surface area contributed by atoms with E-state index in [1.165, 1.54) is 46.9 Å². The number of nitrogens with two attached hydrogens (primary N) is 1. The molecule has 1 heterocycles. The van der Waals surface area contributed by atoms with E-state index < -0.39 is 0 Å². The lowest BCUT2D eigenvalue weighted by molar-refractivity contribution is 0.666. The number of hydrogen-bond acceptors (Lipinski definition) is 1. The molecule has 0 unspecified atom stereocenters. The van der Waals surface area contributed by atoms with Gasteiger partial charge >= 0.3 is 0 Å². The Morgan fingerprint density at radius 1 is 1.16 bits per heavy atom. The summed E-state index contributed by atoms with van der Waals surface area (Å²) in [5.74, 6) is 0. The van der Waals surface area contributed by atoms with Crippen molar-refractivity contribution in [3.05, 3.63) is 35.0 Å². The van der Waals surface area contributed by atoms with Crippen molar-refractivity contribution in [1.29, 1.82) is 0 Å². The van der Waals surface area contributed by atoms with Crippen LogP contribution in [0.5, 0.6) is 0 Å². The van der Waals surface area contributed by atoms with Gasteiger partial charge < -0.3 is 10.3 Å². The maximum Gasteiger partial charge on any atom is 0.0513 e. The summed E-state index contributed by atoms with van der Waals surface area (Å²) in [6, 6.07) is 4.62. The molecule has 0 saturated heterocycles. The van der Waals surface area contributed by atoms with Crippen molar-refractivity contribution < 1.29 is 0 Å². The highest BCUT2D eigenvalue weighted by Crippen LogP contribution is 2.27. The molecule has 2 rings (SSSR count). The number of aromatic nitrogens is 1. The second-order valence-corrected chi connectivity index (χ2v) is 5.57. The third-order valence-electron chi connectivity index (χ3n) is 3.79. The van der Waals surface area contributed by atoms with Gasteiger partial charge in [-0.15, -0.1) is 0 Å². The summed E-state index contributed by atoms with van der Waals surface area (Å²) in [6.07, 6.45) is 7.10. The predicted octanol–water partition coefficient (Wildman–Crippen LogP) is 3.95. The zero-order valence-electron chi connectivity index (χ0n) is 12.5. The van der Waals surface area contributed by atoms with Crippen LogP contribution in [0.25, 0.3) is 10.9 Å². The van der Waals surface area contributed by atoms with Crippen molar-refractivity contribution in [2.24, 2.45) is 5.73 Å². The van der Waals surface area contributed by atoms with Crippen molar-refractivity contribution in [2.75, 3.05) is 6.54 Å². The van der Waals surface area contributed by atoms with E-state index in [1.807, 2.05) is 0 Å². The molecule has 0 spiro atoms. The standard InChI is InChI=1S/C17H26N2/c1-4-5-7-15-12-19(9-6-8-18)17-14(3)10-13(2)11-16(15)17/h10-12H,4-9,18H2,1-3H3. The zero-order chi connectivity index (χ0) is 13.8. The normalized spacial score (nSPS) is 11.4. The van der Waals surface area contributed by atoms with Crippen molar-refractivity contribution in [3.63, 3.8) is 0 Å². The van der Waals surface area contributed by atoms with Gasteiger partial charge in [0.05, 0.1) is 5.52 Å². The van der Waals surface area contributed by atoms with E-state index in [9.17, 15) is 0 Å². The molecule has 2 N–H and O–H groups in total. The number of rotatable bonds is 6. The van der Waals surface area contributed by atoms with Crippen molar-refractivity contribution in [2.45, 2.75) is 53.0 Å². The lowest BCUT2D eigenvalue weighted by atomic mass is 10.0. The summed E-state index contributed by atoms with van der Waals surface area (Å²) in [5, 5.41) is 1.45. The van der Waals surface area contributed by atoms with E-state index in [2.05, 4.69) is 43.7 Å². The van der Waals surface area contributed by atoms with Crippen LogP contribution < -0.4 is 5.73 Å². The van der Waals surface area contributed by atoms with Gasteiger partial charge in [-0.2, -0.15) is 0 Å². The summed E-state index contributed by atoms with van der Waals surface area (Å²) in [4.78, 5) is 0. The van der Waals surface area contributed by atoms with Gasteiger partial charge in [0.1, 0.15) is 0 Å². The second-order valence-electron chi connectivity index (χ2n) is 5.57. The SMILES string of the molecule is CCCCc1cn(CCCN)c2c(C)cc(C)cc12. The van der Waals surface area contributed by atoms with Crippen molar-refractivity contribution >= 4 is 10.9 Å². The predicted molar refractivity (Wildman–Crippen MR) is 83.7 cm³/mol. The molecular formula is C17H26N2. The minimum Gasteiger partial charge on any atom is -0.347 e. The highest BCUT2D eigenvalue weighted by Gasteiger charge is 2.10. The van der Waals surface area contributed by atoms with E-state index in [0.29, 0.717) is 0 Å². The molecule has 0 aliphatic rings. The molecule has 0 radical (unpaired) electrons. The molecule has 1 aromatic heterocycles. The Kier molecular flexibility index (Phi) is 4.65. The fraction of sp³-hybridized carbons (Fsp3) is 0.529. The first kappa shape index (κ1) is 14.1. The smallest absolute Gasteiger partial charge is 0.0513 e. The van der Waals surface area contributed by atoms with Gasteiger partial charge in [0.25, 0.3) is 0 Å². The van der Waals surface area contributed by atoms with Crippen LogP contribution in [0.2, 0.25) is 0 Å². The molecule has 0 atom stereocenters. The Morgan fingerprint density at radius 3 is 2.63 bits per heavy atom. The quantitative estimate of drug-likeness (QED) is 0.835. The third kappa shape index (κ3) is 3.01. The summed E-state index contributed by atoms with van der Waals surface area (Å²) in [7, 11) is 0. The molecule has 1 aromatic carbocycles. The van der Waals surface area contributed by atoms with Crippen LogP contribution in [0, 0.1) is 13.8 Å². The molecule has 19 heavy (non-hydrogen) atoms. The Balaban J connectivity index is 2.49. The Hall–Kier alpha value is -1.28. The molecule has 0 fully saturated rings. The van der Waals surface area contributed by atoms with E-state index in [-0.39, 0.29) is 0 Å². The van der Waals surface area contributed by atoms with Gasteiger partial charge in [-0.3, -0.25) is 0 Å². The summed E-state index contributed by atoms with van der Waals surface area (Å²) in [6.45, 7) is 8.45. The van der Waals surface area contributed by atoms with Crippen molar-refractivity contribution in [3.8, 4) is 0 Å². The zero-order valence-corrected chi connectivity index (χ0v) is 12.5. The Morgan fingerprint density at radius 2 is 1.95 bits per heavy atom. The summed E-state index contributed by atoms with van der Waals surface area (Å²) >= 11 is 0. The third-order valence-corrected chi connectivity index (χ3v) is 3.79. The minimum absolute atomic E-state index is 0.759. The lowest BCUT2D eigenvalue weighted by Crippen LogP contribution is -2.05. The first-order valence-electron chi connectivity index (χ1n) is 7.46. The summed E-state index contributed by atoms with van der Waals surface area (Å²) < 4.78 is 2.40. The number of hydrogen-bond donors (Lipinski definition) is 1. The van der Waals surface area contributed by atoms with Gasteiger partial charge in [0, 0.05) is 18.1 Å². The maximum atomic E-state index is 5.66. The molecular weight excluding hydrogens is 232 g/mol. The number of nitrogens with zero attached hydrogens (tertiary/aromatic N) is 1. The monoisotopic (exact) mass is 258 g/mol. The molecule has 2 aromatic rings. The highest BCUT2D eigenvalue weighted by atomic mass is 15.0. The highest BCUT2D eigenvalue weighted by molar-refractivity contribution is 5.87. The largest absolute Gasteiger partial charge is 0.347 e. The fourth-order valence-corrected chi connectivity index (χ4v) is 2.91. The Bertz CT molecular complexity index is 552. The minimum atomic E-state index is 0.759. The van der Waals surface area contributed by atoms with E-state index in [0.717, 1.165) is 19.5 Å². The molecule has 104 valence electrons. The lowest BCUT2D eigenvalue weighted by Gasteiger charge is -2.07. The van der Waals surface area contributed by atoms with Crippen LogP contribution in [0.3, 0.4) is 0 Å². The number of fused-ring (bicyclic) bond motifs is 1. The van der Waals surface area contributed by atoms with Crippen LogP contribution >= 0.6 is 0 Å². The van der Waals surface area contributed by atoms with E-state index in [4.69, 9.17) is 5.73 Å². The van der Waals surface area contributed by atoms with Crippen LogP contribution in [-0.2, 0) is 13.0 Å². The molecule has 2 nitrogen and oxygen atoms in total. The number of benzene rings is 1. The summed E-state index contributed by atoms with van der Waals surface area (Å²) in [5.41, 5.74) is 11.3. The molecule has 0 aliphatic carbocycles. The molecule has 0 saturated carbocycles. The van der Waals surface area contributed by atoms with Crippen LogP contribution in [0.1, 0.15) is 42.9 Å². The molecule has 2 heteroatoms. The van der Waals surface area contributed by atoms with Gasteiger partial charge in [0.2, 0.25) is 0 Å². The molecule has 0 aliphatic heterocycles. The van der Waals surface area contributed by atoms with Crippen molar-refractivity contribution in [1.82, 2.24) is 4.57 Å². The average Bonchev–Trinajstić information content (AvgIpc) is 2.72. The fourth-order valence-electron chi connectivity index (χ4n) is 2.91. The van der Waals surface area contributed by atoms with E-state index in [1.54, 1.807) is 0 Å². The topological polar surface area (TPSA) is 30.9 Å². The van der Waals surface area contributed by atoms with Gasteiger partial charge in [-0.25, -0.2) is 0 Å². The molecule has 0 bridgehead atoms. The first-order valence-corrected chi connectivity index (χ1v) is 7.46. The number of aryl methyl sites for hydroxylation is 4. The molecule has 0 amide bonds. The number of unbranched alkanes of at least 4 members (excludes halogenated alkanes) is 1. The van der Waals surface area contributed by atoms with Gasteiger partial charge in [-0.05, 0) is 56.8 Å².